The lowest BCUT2D eigenvalue weighted by Gasteiger charge is -2.22. The number of imide groups is 1. The van der Waals surface area contributed by atoms with Crippen LogP contribution in [0.3, 0.4) is 0 Å². The van der Waals surface area contributed by atoms with Crippen LogP contribution in [0.25, 0.3) is 5.57 Å². The highest BCUT2D eigenvalue weighted by Crippen LogP contribution is 2.40. The fraction of sp³-hybridized carbons (Fsp3) is 0.115. The average molecular weight is 441 g/mol. The molecule has 2 aliphatic rings. The van der Waals surface area contributed by atoms with Crippen molar-refractivity contribution in [2.45, 2.75) is 13.3 Å². The van der Waals surface area contributed by atoms with Gasteiger partial charge in [-0.2, -0.15) is 0 Å². The van der Waals surface area contributed by atoms with Crippen LogP contribution in [0.2, 0.25) is 0 Å². The normalized spacial score (nSPS) is 15.3. The summed E-state index contributed by atoms with van der Waals surface area (Å²) in [5.74, 6) is -1.55. The van der Waals surface area contributed by atoms with Crippen molar-refractivity contribution in [3.63, 3.8) is 0 Å². The van der Waals surface area contributed by atoms with Gasteiger partial charge in [0.15, 0.2) is 0 Å². The third kappa shape index (κ3) is 3.57. The summed E-state index contributed by atoms with van der Waals surface area (Å²) in [6.07, 6.45) is 0.753. The Morgan fingerprint density at radius 1 is 0.909 bits per heavy atom. The molecule has 164 valence electrons. The highest BCUT2D eigenvalue weighted by atomic mass is 19.1. The van der Waals surface area contributed by atoms with Gasteiger partial charge >= 0.3 is 0 Å². The Balaban J connectivity index is 1.60. The molecule has 1 N–H and O–H groups in total. The van der Waals surface area contributed by atoms with E-state index < -0.39 is 17.6 Å². The van der Waals surface area contributed by atoms with Gasteiger partial charge in [0.25, 0.3) is 11.8 Å². The highest BCUT2D eigenvalue weighted by Gasteiger charge is 2.44. The number of nitrogens with one attached hydrogen (secondary N) is 1. The Hall–Kier alpha value is -4.26. The molecule has 3 aromatic rings. The molecular formula is C26H20FN3O3. The Morgan fingerprint density at radius 3 is 2.30 bits per heavy atom. The Bertz CT molecular complexity index is 1310. The van der Waals surface area contributed by atoms with Gasteiger partial charge < -0.3 is 10.2 Å². The van der Waals surface area contributed by atoms with Crippen LogP contribution in [0.1, 0.15) is 18.1 Å². The maximum Gasteiger partial charge on any atom is 0.282 e. The lowest BCUT2D eigenvalue weighted by atomic mass is 10.0. The van der Waals surface area contributed by atoms with Crippen LogP contribution in [0, 0.1) is 5.82 Å². The van der Waals surface area contributed by atoms with E-state index in [0.29, 0.717) is 23.5 Å². The first-order valence-corrected chi connectivity index (χ1v) is 10.6. The predicted molar refractivity (Wildman–Crippen MR) is 124 cm³/mol. The van der Waals surface area contributed by atoms with E-state index in [1.807, 2.05) is 29.2 Å². The van der Waals surface area contributed by atoms with Crippen molar-refractivity contribution in [2.24, 2.45) is 0 Å². The van der Waals surface area contributed by atoms with Crippen molar-refractivity contribution in [3.8, 4) is 0 Å². The topological polar surface area (TPSA) is 69.7 Å². The van der Waals surface area contributed by atoms with Gasteiger partial charge in [-0.3, -0.25) is 14.4 Å². The number of anilines is 3. The lowest BCUT2D eigenvalue weighted by molar-refractivity contribution is -0.120. The zero-order valence-corrected chi connectivity index (χ0v) is 17.8. The standard InChI is InChI=1S/C26H20FN3O3/c1-16(31)28-20-10-12-21(13-11-20)30-25(32)23(18-6-8-19(27)9-7-18)24(26(30)33)29-15-14-17-4-2-3-5-22(17)29/h2-13H,14-15H2,1H3,(H,28,31). The molecule has 6 nitrogen and oxygen atoms in total. The molecule has 0 unspecified atom stereocenters. The van der Waals surface area contributed by atoms with E-state index in [4.69, 9.17) is 0 Å². The number of fused-ring (bicyclic) bond motifs is 1. The Labute approximate surface area is 189 Å². The number of carbonyl (C=O) groups excluding carboxylic acids is 3. The summed E-state index contributed by atoms with van der Waals surface area (Å²) in [7, 11) is 0. The molecule has 3 aromatic carbocycles. The van der Waals surface area contributed by atoms with Crippen LogP contribution < -0.4 is 15.1 Å². The molecule has 2 heterocycles. The van der Waals surface area contributed by atoms with Gasteiger partial charge in [0.2, 0.25) is 5.91 Å². The quantitative estimate of drug-likeness (QED) is 0.618. The maximum atomic E-state index is 13.7. The molecule has 0 atom stereocenters. The number of amides is 3. The van der Waals surface area contributed by atoms with E-state index in [1.54, 1.807) is 24.3 Å². The molecule has 2 aliphatic heterocycles. The smallest absolute Gasteiger partial charge is 0.282 e. The summed E-state index contributed by atoms with van der Waals surface area (Å²) >= 11 is 0. The number of benzene rings is 3. The molecule has 0 bridgehead atoms. The van der Waals surface area contributed by atoms with Gasteiger partial charge in [-0.15, -0.1) is 0 Å². The summed E-state index contributed by atoms with van der Waals surface area (Å²) in [4.78, 5) is 41.6. The van der Waals surface area contributed by atoms with Crippen LogP contribution >= 0.6 is 0 Å². The molecular weight excluding hydrogens is 421 g/mol. The molecule has 0 aromatic heterocycles. The van der Waals surface area contributed by atoms with E-state index in [1.165, 1.54) is 31.2 Å². The zero-order chi connectivity index (χ0) is 23.1. The molecule has 7 heteroatoms. The molecule has 5 rings (SSSR count). The van der Waals surface area contributed by atoms with Crippen LogP contribution in [0.15, 0.2) is 78.5 Å². The summed E-state index contributed by atoms with van der Waals surface area (Å²) in [6, 6.07) is 19.9. The first kappa shape index (κ1) is 20.6. The SMILES string of the molecule is CC(=O)Nc1ccc(N2C(=O)C(c3ccc(F)cc3)=C(N3CCc4ccccc43)C2=O)cc1. The summed E-state index contributed by atoms with van der Waals surface area (Å²) in [5, 5.41) is 2.67. The van der Waals surface area contributed by atoms with Gasteiger partial charge in [0.1, 0.15) is 11.5 Å². The second-order valence-corrected chi connectivity index (χ2v) is 7.93. The minimum atomic E-state index is -0.474. The van der Waals surface area contributed by atoms with Crippen molar-refractivity contribution in [2.75, 3.05) is 21.7 Å². The minimum Gasteiger partial charge on any atom is -0.336 e. The van der Waals surface area contributed by atoms with E-state index in [-0.39, 0.29) is 17.2 Å². The second kappa shape index (κ2) is 8.02. The van der Waals surface area contributed by atoms with Crippen molar-refractivity contribution < 1.29 is 18.8 Å². The lowest BCUT2D eigenvalue weighted by Crippen LogP contribution is -2.34. The molecule has 0 fully saturated rings. The van der Waals surface area contributed by atoms with E-state index in [2.05, 4.69) is 5.32 Å². The zero-order valence-electron chi connectivity index (χ0n) is 17.8. The van der Waals surface area contributed by atoms with Crippen molar-refractivity contribution >= 4 is 40.4 Å². The third-order valence-corrected chi connectivity index (χ3v) is 5.80. The molecule has 0 saturated heterocycles. The predicted octanol–water partition coefficient (Wildman–Crippen LogP) is 4.13. The summed E-state index contributed by atoms with van der Waals surface area (Å²) < 4.78 is 13.6. The van der Waals surface area contributed by atoms with Crippen LogP contribution in [0.5, 0.6) is 0 Å². The van der Waals surface area contributed by atoms with Crippen LogP contribution in [-0.2, 0) is 20.8 Å². The largest absolute Gasteiger partial charge is 0.336 e. The van der Waals surface area contributed by atoms with Gasteiger partial charge in [-0.1, -0.05) is 30.3 Å². The second-order valence-electron chi connectivity index (χ2n) is 7.93. The Morgan fingerprint density at radius 2 is 1.61 bits per heavy atom. The van der Waals surface area contributed by atoms with Crippen molar-refractivity contribution in [1.82, 2.24) is 0 Å². The number of carbonyl (C=O) groups is 3. The van der Waals surface area contributed by atoms with E-state index in [9.17, 15) is 18.8 Å². The monoisotopic (exact) mass is 441 g/mol. The summed E-state index contributed by atoms with van der Waals surface area (Å²) in [6.45, 7) is 1.97. The number of hydrogen-bond donors (Lipinski definition) is 1. The molecule has 33 heavy (non-hydrogen) atoms. The van der Waals surface area contributed by atoms with Gasteiger partial charge in [-0.05, 0) is 60.0 Å². The number of hydrogen-bond acceptors (Lipinski definition) is 4. The highest BCUT2D eigenvalue weighted by molar-refractivity contribution is 6.46. The Kier molecular flexibility index (Phi) is 5.01. The number of rotatable bonds is 4. The first-order chi connectivity index (χ1) is 15.9. The number of para-hydroxylation sites is 1. The molecule has 0 saturated carbocycles. The molecule has 0 aliphatic carbocycles. The third-order valence-electron chi connectivity index (χ3n) is 5.80. The van der Waals surface area contributed by atoms with Gasteiger partial charge in [0, 0.05) is 24.8 Å². The van der Waals surface area contributed by atoms with Crippen LogP contribution in [-0.4, -0.2) is 24.3 Å². The fourth-order valence-corrected chi connectivity index (χ4v) is 4.35. The molecule has 0 radical (unpaired) electrons. The first-order valence-electron chi connectivity index (χ1n) is 10.6. The number of halogens is 1. The molecule has 0 spiro atoms. The maximum absolute atomic E-state index is 13.7. The average Bonchev–Trinajstić information content (AvgIpc) is 3.33. The minimum absolute atomic E-state index is 0.216. The summed E-state index contributed by atoms with van der Waals surface area (Å²) in [5.41, 5.74) is 3.93. The van der Waals surface area contributed by atoms with E-state index in [0.717, 1.165) is 22.6 Å². The van der Waals surface area contributed by atoms with Crippen LogP contribution in [0.4, 0.5) is 21.5 Å². The van der Waals surface area contributed by atoms with Crippen molar-refractivity contribution in [1.29, 1.82) is 0 Å². The van der Waals surface area contributed by atoms with E-state index >= 15 is 0 Å². The fourth-order valence-electron chi connectivity index (χ4n) is 4.35. The molecule has 3 amide bonds. The van der Waals surface area contributed by atoms with Crippen molar-refractivity contribution in [3.05, 3.63) is 95.4 Å². The number of nitrogens with zero attached hydrogens (tertiary/aromatic N) is 2. The van der Waals surface area contributed by atoms with Gasteiger partial charge in [0.05, 0.1) is 11.3 Å². The van der Waals surface area contributed by atoms with Gasteiger partial charge in [-0.25, -0.2) is 9.29 Å².